The molecular weight excluding hydrogens is 579 g/mol. The lowest BCUT2D eigenvalue weighted by molar-refractivity contribution is -0.140. The molecule has 0 spiro atoms. The number of benzene rings is 3. The molecule has 2 unspecified atom stereocenters. The fourth-order valence-electron chi connectivity index (χ4n) is 5.55. The first kappa shape index (κ1) is 29.5. The topological polar surface area (TPSA) is 68.1 Å². The zero-order valence-corrected chi connectivity index (χ0v) is 23.9. The van der Waals surface area contributed by atoms with Crippen molar-refractivity contribution in [1.29, 1.82) is 0 Å². The summed E-state index contributed by atoms with van der Waals surface area (Å²) >= 11 is 0. The molecule has 6 rings (SSSR count). The summed E-state index contributed by atoms with van der Waals surface area (Å²) in [5.74, 6) is -3.87. The first-order valence-corrected chi connectivity index (χ1v) is 14.1. The van der Waals surface area contributed by atoms with Gasteiger partial charge in [-0.2, -0.15) is 23.3 Å². The van der Waals surface area contributed by atoms with Crippen LogP contribution in [0.4, 0.5) is 27.9 Å². The van der Waals surface area contributed by atoms with Crippen LogP contribution in [-0.4, -0.2) is 39.4 Å². The minimum Gasteiger partial charge on any atom is -0.483 e. The highest BCUT2D eigenvalue weighted by molar-refractivity contribution is 5.91. The van der Waals surface area contributed by atoms with Crippen LogP contribution in [0.15, 0.2) is 72.9 Å². The zero-order chi connectivity index (χ0) is 31.0. The van der Waals surface area contributed by atoms with E-state index in [4.69, 9.17) is 4.74 Å². The molecule has 1 N–H and O–H groups in total. The highest BCUT2D eigenvalue weighted by atomic mass is 19.4. The molecule has 7 nitrogen and oxygen atoms in total. The van der Waals surface area contributed by atoms with Crippen LogP contribution in [0.1, 0.15) is 35.6 Å². The molecule has 12 heteroatoms. The highest BCUT2D eigenvalue weighted by Crippen LogP contribution is 2.42. The van der Waals surface area contributed by atoms with Gasteiger partial charge in [-0.3, -0.25) is 0 Å². The lowest BCUT2D eigenvalue weighted by Crippen LogP contribution is -2.46. The summed E-state index contributed by atoms with van der Waals surface area (Å²) in [7, 11) is 3.42. The summed E-state index contributed by atoms with van der Waals surface area (Å²) < 4.78 is 79.2. The second-order valence-corrected chi connectivity index (χ2v) is 10.8. The van der Waals surface area contributed by atoms with Crippen molar-refractivity contribution in [1.82, 2.24) is 25.1 Å². The Balaban J connectivity index is 1.31. The highest BCUT2D eigenvalue weighted by Gasteiger charge is 2.39. The van der Waals surface area contributed by atoms with E-state index in [0.29, 0.717) is 24.1 Å². The van der Waals surface area contributed by atoms with Crippen LogP contribution >= 0.6 is 0 Å². The standard InChI is InChI=1S/C32H29F5N6O/c1-42(21-13-14-25(38-16-21)20-11-7-4-8-12-20)31-39-17-23-28(41-43(2)30(23)40-31)22-15-24(32(35,36)37)27(34)29(26(22)33)44-18-19-9-5-3-6-10-19/h3-12,15,17,21,25,38H,13-14,16,18H2,1-2H3. The van der Waals surface area contributed by atoms with Gasteiger partial charge in [0.2, 0.25) is 5.95 Å². The number of nitrogens with one attached hydrogen (secondary N) is 1. The van der Waals surface area contributed by atoms with Crippen LogP contribution in [-0.2, 0) is 19.8 Å². The van der Waals surface area contributed by atoms with Gasteiger partial charge in [0.05, 0.1) is 10.9 Å². The Kier molecular flexibility index (Phi) is 7.93. The third kappa shape index (κ3) is 5.69. The molecule has 0 aliphatic carbocycles. The smallest absolute Gasteiger partial charge is 0.419 e. The van der Waals surface area contributed by atoms with E-state index in [2.05, 4.69) is 32.5 Å². The van der Waals surface area contributed by atoms with E-state index in [1.807, 2.05) is 30.1 Å². The Morgan fingerprint density at radius 3 is 2.36 bits per heavy atom. The summed E-state index contributed by atoms with van der Waals surface area (Å²) in [4.78, 5) is 11.0. The number of likely N-dealkylation sites (N-methyl/N-ethyl adjacent to an activating group) is 1. The van der Waals surface area contributed by atoms with E-state index in [1.165, 1.54) is 16.4 Å². The minimum atomic E-state index is -5.11. The molecule has 0 saturated carbocycles. The summed E-state index contributed by atoms with van der Waals surface area (Å²) in [6.07, 6.45) is -1.91. The summed E-state index contributed by atoms with van der Waals surface area (Å²) in [5.41, 5.74) is -0.348. The van der Waals surface area contributed by atoms with Crippen molar-refractivity contribution < 1.29 is 26.7 Å². The molecule has 3 aromatic carbocycles. The first-order valence-electron chi connectivity index (χ1n) is 14.1. The van der Waals surface area contributed by atoms with Gasteiger partial charge in [0.15, 0.2) is 23.0 Å². The number of rotatable bonds is 7. The Morgan fingerprint density at radius 2 is 1.70 bits per heavy atom. The molecule has 0 bridgehead atoms. The summed E-state index contributed by atoms with van der Waals surface area (Å²) in [5, 5.41) is 8.07. The molecule has 2 aromatic heterocycles. The summed E-state index contributed by atoms with van der Waals surface area (Å²) in [6, 6.07) is 19.3. The number of hydrogen-bond acceptors (Lipinski definition) is 6. The largest absolute Gasteiger partial charge is 0.483 e. The molecular formula is C32H29F5N6O. The molecule has 5 aromatic rings. The lowest BCUT2D eigenvalue weighted by atomic mass is 9.94. The number of alkyl halides is 3. The molecule has 228 valence electrons. The summed E-state index contributed by atoms with van der Waals surface area (Å²) in [6.45, 7) is 0.361. The third-order valence-electron chi connectivity index (χ3n) is 7.97. The third-order valence-corrected chi connectivity index (χ3v) is 7.97. The van der Waals surface area contributed by atoms with Gasteiger partial charge in [0, 0.05) is 44.5 Å². The monoisotopic (exact) mass is 608 g/mol. The van der Waals surface area contributed by atoms with Crippen molar-refractivity contribution in [2.75, 3.05) is 18.5 Å². The maximum Gasteiger partial charge on any atom is 0.419 e. The number of fused-ring (bicyclic) bond motifs is 1. The van der Waals surface area contributed by atoms with E-state index >= 15 is 8.78 Å². The van der Waals surface area contributed by atoms with Gasteiger partial charge in [-0.1, -0.05) is 60.7 Å². The Bertz CT molecular complexity index is 1770. The second kappa shape index (κ2) is 11.8. The maximum absolute atomic E-state index is 15.8. The SMILES string of the molecule is CN(c1ncc2c(-c3cc(C(F)(F)F)c(F)c(OCc4ccccc4)c3F)nn(C)c2n1)C1CCC(c2ccccc2)NC1. The predicted octanol–water partition coefficient (Wildman–Crippen LogP) is 6.84. The van der Waals surface area contributed by atoms with Crippen molar-refractivity contribution in [2.45, 2.75) is 37.7 Å². The van der Waals surface area contributed by atoms with Gasteiger partial charge in [-0.25, -0.2) is 18.4 Å². The zero-order valence-electron chi connectivity index (χ0n) is 23.9. The molecule has 0 radical (unpaired) electrons. The van der Waals surface area contributed by atoms with E-state index in [1.54, 1.807) is 37.4 Å². The van der Waals surface area contributed by atoms with Crippen LogP contribution in [0.3, 0.4) is 0 Å². The minimum absolute atomic E-state index is 0.0910. The molecule has 3 heterocycles. The van der Waals surface area contributed by atoms with Crippen LogP contribution in [0, 0.1) is 11.6 Å². The van der Waals surface area contributed by atoms with Gasteiger partial charge < -0.3 is 15.0 Å². The first-order chi connectivity index (χ1) is 21.1. The van der Waals surface area contributed by atoms with E-state index < -0.39 is 34.7 Å². The van der Waals surface area contributed by atoms with Crippen LogP contribution < -0.4 is 15.0 Å². The molecule has 1 fully saturated rings. The number of anilines is 1. The van der Waals surface area contributed by atoms with E-state index in [9.17, 15) is 13.2 Å². The fraction of sp³-hybridized carbons (Fsp3) is 0.281. The number of ether oxygens (including phenoxy) is 1. The van der Waals surface area contributed by atoms with Crippen LogP contribution in [0.25, 0.3) is 22.3 Å². The van der Waals surface area contributed by atoms with E-state index in [-0.39, 0.29) is 35.4 Å². The quantitative estimate of drug-likeness (QED) is 0.204. The number of aryl methyl sites for hydroxylation is 1. The molecule has 44 heavy (non-hydrogen) atoms. The second-order valence-electron chi connectivity index (χ2n) is 10.8. The molecule has 1 aliphatic rings. The lowest BCUT2D eigenvalue weighted by Gasteiger charge is -2.35. The Hall–Kier alpha value is -4.58. The van der Waals surface area contributed by atoms with Crippen molar-refractivity contribution >= 4 is 17.0 Å². The average molecular weight is 609 g/mol. The number of halogens is 5. The number of nitrogens with zero attached hydrogens (tertiary/aromatic N) is 5. The van der Waals surface area contributed by atoms with E-state index in [0.717, 1.165) is 12.8 Å². The van der Waals surface area contributed by atoms with Crippen LogP contribution in [0.5, 0.6) is 5.75 Å². The number of piperidine rings is 1. The van der Waals surface area contributed by atoms with Crippen molar-refractivity contribution in [3.63, 3.8) is 0 Å². The number of hydrogen-bond donors (Lipinski definition) is 1. The molecule has 0 amide bonds. The van der Waals surface area contributed by atoms with Crippen LogP contribution in [0.2, 0.25) is 0 Å². The average Bonchev–Trinajstić information content (AvgIpc) is 3.36. The van der Waals surface area contributed by atoms with Gasteiger partial charge in [0.25, 0.3) is 0 Å². The molecule has 2 atom stereocenters. The predicted molar refractivity (Wildman–Crippen MR) is 156 cm³/mol. The van der Waals surface area contributed by atoms with Gasteiger partial charge in [-0.15, -0.1) is 0 Å². The molecule has 1 aliphatic heterocycles. The van der Waals surface area contributed by atoms with Crippen molar-refractivity contribution in [3.05, 3.63) is 101 Å². The normalized spacial score (nSPS) is 17.2. The van der Waals surface area contributed by atoms with Crippen molar-refractivity contribution in [2.24, 2.45) is 7.05 Å². The number of aromatic nitrogens is 4. The Labute approximate surface area is 250 Å². The van der Waals surface area contributed by atoms with Gasteiger partial charge in [-0.05, 0) is 30.0 Å². The van der Waals surface area contributed by atoms with Crippen molar-refractivity contribution in [3.8, 4) is 17.0 Å². The Morgan fingerprint density at radius 1 is 1.00 bits per heavy atom. The van der Waals surface area contributed by atoms with Gasteiger partial charge in [0.1, 0.15) is 12.3 Å². The van der Waals surface area contributed by atoms with Gasteiger partial charge >= 0.3 is 6.18 Å². The fourth-order valence-corrected chi connectivity index (χ4v) is 5.55. The molecule has 1 saturated heterocycles. The maximum atomic E-state index is 15.8.